The van der Waals surface area contributed by atoms with Crippen molar-refractivity contribution in [1.29, 1.82) is 0 Å². The summed E-state index contributed by atoms with van der Waals surface area (Å²) in [6.07, 6.45) is -2.68. The molecular weight excluding hydrogens is 320 g/mol. The number of aromatic nitrogens is 4. The van der Waals surface area contributed by atoms with Crippen LogP contribution in [0.4, 0.5) is 0 Å². The number of likely N-dealkylation sites (N-methyl/N-ethyl adjacent to an activating group) is 1. The number of aliphatic hydroxyl groups excluding tert-OH is 2. The molecule has 0 aromatic carbocycles. The van der Waals surface area contributed by atoms with E-state index in [1.54, 1.807) is 6.92 Å². The van der Waals surface area contributed by atoms with Gasteiger partial charge in [-0.05, 0) is 6.92 Å². The average Bonchev–Trinajstić information content (AvgIpc) is 3.14. The molecular formula is C13H16N6O5. The molecule has 0 radical (unpaired) electrons. The number of aliphatic hydroxyl groups is 2. The number of nitrogens with zero attached hydrogens (tertiary/aromatic N) is 3. The standard InChI is InChI=1S/C13H16N6O5/c1-2-14-11(22)8-6(20)7(21)13(24-8)19-12(23)10-15-3-5-9(18-10)17-4-16-5/h3-4,6-8,13,20-21H,2H2,1H3,(H,14,22)(H,19,23)(H,15,16,17,18)/t6-,7+,8-,13+/m0/s1. The van der Waals surface area contributed by atoms with Crippen LogP contribution in [0.15, 0.2) is 12.5 Å². The van der Waals surface area contributed by atoms with Gasteiger partial charge in [-0.3, -0.25) is 9.59 Å². The number of amides is 2. The highest BCUT2D eigenvalue weighted by Gasteiger charge is 2.47. The van der Waals surface area contributed by atoms with Crippen molar-refractivity contribution in [2.75, 3.05) is 6.54 Å². The van der Waals surface area contributed by atoms with Gasteiger partial charge in [0.2, 0.25) is 5.82 Å². The molecule has 2 amide bonds. The van der Waals surface area contributed by atoms with Crippen molar-refractivity contribution in [3.8, 4) is 0 Å². The number of H-pyrrole nitrogens is 1. The molecule has 4 atom stereocenters. The van der Waals surface area contributed by atoms with E-state index >= 15 is 0 Å². The van der Waals surface area contributed by atoms with Gasteiger partial charge in [0.1, 0.15) is 17.7 Å². The Morgan fingerprint density at radius 3 is 2.88 bits per heavy atom. The van der Waals surface area contributed by atoms with Gasteiger partial charge in [-0.1, -0.05) is 0 Å². The van der Waals surface area contributed by atoms with Gasteiger partial charge in [0.25, 0.3) is 11.8 Å². The average molecular weight is 336 g/mol. The van der Waals surface area contributed by atoms with E-state index in [2.05, 4.69) is 30.6 Å². The minimum atomic E-state index is -1.46. The summed E-state index contributed by atoms with van der Waals surface area (Å²) >= 11 is 0. The predicted molar refractivity (Wildman–Crippen MR) is 78.5 cm³/mol. The second-order valence-electron chi connectivity index (χ2n) is 5.16. The van der Waals surface area contributed by atoms with Crippen LogP contribution in [0.1, 0.15) is 17.5 Å². The number of carbonyl (C=O) groups excluding carboxylic acids is 2. The van der Waals surface area contributed by atoms with E-state index in [4.69, 9.17) is 4.74 Å². The summed E-state index contributed by atoms with van der Waals surface area (Å²) in [6.45, 7) is 2.05. The summed E-state index contributed by atoms with van der Waals surface area (Å²) < 4.78 is 5.25. The first kappa shape index (κ1) is 16.2. The van der Waals surface area contributed by atoms with E-state index in [0.29, 0.717) is 17.7 Å². The van der Waals surface area contributed by atoms with Gasteiger partial charge in [-0.25, -0.2) is 15.0 Å². The fourth-order valence-corrected chi connectivity index (χ4v) is 2.33. The lowest BCUT2D eigenvalue weighted by Crippen LogP contribution is -2.44. The van der Waals surface area contributed by atoms with Crippen molar-refractivity contribution < 1.29 is 24.5 Å². The molecule has 1 saturated heterocycles. The van der Waals surface area contributed by atoms with E-state index in [1.165, 1.54) is 12.5 Å². The normalized spacial score (nSPS) is 26.5. The molecule has 1 aliphatic rings. The molecule has 24 heavy (non-hydrogen) atoms. The second-order valence-corrected chi connectivity index (χ2v) is 5.16. The maximum Gasteiger partial charge on any atom is 0.291 e. The van der Waals surface area contributed by atoms with Crippen LogP contribution in [0.3, 0.4) is 0 Å². The van der Waals surface area contributed by atoms with Crippen LogP contribution in [0, 0.1) is 0 Å². The number of ether oxygens (including phenoxy) is 1. The maximum absolute atomic E-state index is 12.2. The Morgan fingerprint density at radius 2 is 2.12 bits per heavy atom. The molecule has 0 bridgehead atoms. The molecule has 2 aromatic rings. The minimum Gasteiger partial charge on any atom is -0.387 e. The minimum absolute atomic E-state index is 0.168. The van der Waals surface area contributed by atoms with Gasteiger partial charge in [-0.15, -0.1) is 0 Å². The van der Waals surface area contributed by atoms with Gasteiger partial charge >= 0.3 is 0 Å². The fourth-order valence-electron chi connectivity index (χ4n) is 2.33. The van der Waals surface area contributed by atoms with Gasteiger partial charge in [0.15, 0.2) is 18.0 Å². The Bertz CT molecular complexity index is 764. The van der Waals surface area contributed by atoms with Crippen molar-refractivity contribution in [2.24, 2.45) is 0 Å². The molecule has 3 heterocycles. The maximum atomic E-state index is 12.2. The summed E-state index contributed by atoms with van der Waals surface area (Å²) in [7, 11) is 0. The quantitative estimate of drug-likeness (QED) is 0.415. The van der Waals surface area contributed by atoms with Gasteiger partial charge < -0.3 is 30.6 Å². The lowest BCUT2D eigenvalue weighted by atomic mass is 10.1. The number of imidazole rings is 1. The zero-order chi connectivity index (χ0) is 17.3. The number of aromatic amines is 1. The summed E-state index contributed by atoms with van der Waals surface area (Å²) in [4.78, 5) is 38.5. The molecule has 1 fully saturated rings. The summed E-state index contributed by atoms with van der Waals surface area (Å²) in [6, 6.07) is 0. The highest BCUT2D eigenvalue weighted by Crippen LogP contribution is 2.20. The molecule has 3 rings (SSSR count). The van der Waals surface area contributed by atoms with Crippen LogP contribution in [-0.2, 0) is 9.53 Å². The third-order valence-electron chi connectivity index (χ3n) is 3.52. The number of rotatable bonds is 4. The zero-order valence-corrected chi connectivity index (χ0v) is 12.6. The SMILES string of the molecule is CCNC(=O)[C@H]1O[C@@H](NC(=O)c2ncc3nc[nH]c3n2)[C@H](O)[C@@H]1O. The molecule has 11 heteroatoms. The topological polar surface area (TPSA) is 162 Å². The first-order valence-electron chi connectivity index (χ1n) is 7.27. The first-order chi connectivity index (χ1) is 11.5. The van der Waals surface area contributed by atoms with Crippen LogP contribution in [0.5, 0.6) is 0 Å². The van der Waals surface area contributed by atoms with Gasteiger partial charge in [0, 0.05) is 6.54 Å². The van der Waals surface area contributed by atoms with Crippen molar-refractivity contribution >= 4 is 23.0 Å². The number of hydrogen-bond acceptors (Lipinski definition) is 8. The summed E-state index contributed by atoms with van der Waals surface area (Å²) in [5.41, 5.74) is 0.874. The Kier molecular flexibility index (Phi) is 4.38. The van der Waals surface area contributed by atoms with Crippen LogP contribution in [-0.4, -0.2) is 73.0 Å². The summed E-state index contributed by atoms with van der Waals surface area (Å²) in [5.74, 6) is -1.46. The van der Waals surface area contributed by atoms with Crippen molar-refractivity contribution in [1.82, 2.24) is 30.6 Å². The van der Waals surface area contributed by atoms with E-state index in [9.17, 15) is 19.8 Å². The lowest BCUT2D eigenvalue weighted by molar-refractivity contribution is -0.136. The molecule has 2 aromatic heterocycles. The highest BCUT2D eigenvalue weighted by molar-refractivity contribution is 5.92. The highest BCUT2D eigenvalue weighted by atomic mass is 16.6. The molecule has 0 aliphatic carbocycles. The largest absolute Gasteiger partial charge is 0.387 e. The van der Waals surface area contributed by atoms with E-state index in [1.807, 2.05) is 0 Å². The van der Waals surface area contributed by atoms with E-state index < -0.39 is 36.4 Å². The van der Waals surface area contributed by atoms with Crippen LogP contribution in [0.25, 0.3) is 11.2 Å². The lowest BCUT2D eigenvalue weighted by Gasteiger charge is -2.15. The molecule has 1 aliphatic heterocycles. The van der Waals surface area contributed by atoms with Crippen molar-refractivity contribution in [3.63, 3.8) is 0 Å². The number of nitrogens with one attached hydrogen (secondary N) is 3. The molecule has 11 nitrogen and oxygen atoms in total. The monoisotopic (exact) mass is 336 g/mol. The molecule has 0 spiro atoms. The first-order valence-corrected chi connectivity index (χ1v) is 7.27. The number of fused-ring (bicyclic) bond motifs is 1. The Labute approximate surface area is 135 Å². The van der Waals surface area contributed by atoms with Crippen molar-refractivity contribution in [3.05, 3.63) is 18.3 Å². The van der Waals surface area contributed by atoms with Crippen LogP contribution < -0.4 is 10.6 Å². The van der Waals surface area contributed by atoms with Gasteiger partial charge in [0.05, 0.1) is 12.5 Å². The van der Waals surface area contributed by atoms with E-state index in [0.717, 1.165) is 0 Å². The Hall–Kier alpha value is -2.63. The Morgan fingerprint density at radius 1 is 1.33 bits per heavy atom. The third-order valence-corrected chi connectivity index (χ3v) is 3.52. The zero-order valence-electron chi connectivity index (χ0n) is 12.6. The van der Waals surface area contributed by atoms with Crippen LogP contribution in [0.2, 0.25) is 0 Å². The summed E-state index contributed by atoms with van der Waals surface area (Å²) in [5, 5.41) is 24.7. The van der Waals surface area contributed by atoms with Gasteiger partial charge in [-0.2, -0.15) is 0 Å². The molecule has 128 valence electrons. The Balaban J connectivity index is 1.70. The molecule has 5 N–H and O–H groups in total. The van der Waals surface area contributed by atoms with E-state index in [-0.39, 0.29) is 5.82 Å². The fraction of sp³-hybridized carbons (Fsp3) is 0.462. The smallest absolute Gasteiger partial charge is 0.291 e. The van der Waals surface area contributed by atoms with Crippen molar-refractivity contribution in [2.45, 2.75) is 31.5 Å². The third kappa shape index (κ3) is 2.91. The van der Waals surface area contributed by atoms with Crippen LogP contribution >= 0.6 is 0 Å². The second kappa shape index (κ2) is 6.47. The molecule has 0 unspecified atom stereocenters. The number of carbonyl (C=O) groups is 2. The predicted octanol–water partition coefficient (Wildman–Crippen LogP) is -2.33. The molecule has 0 saturated carbocycles. The number of hydrogen-bond donors (Lipinski definition) is 5.